The number of hydrogen-bond acceptors (Lipinski definition) is 3. The molecule has 0 aliphatic heterocycles. The van der Waals surface area contributed by atoms with Gasteiger partial charge in [0.2, 0.25) is 0 Å². The van der Waals surface area contributed by atoms with Gasteiger partial charge in [-0.3, -0.25) is 0 Å². The van der Waals surface area contributed by atoms with E-state index >= 15 is 0 Å². The van der Waals surface area contributed by atoms with Gasteiger partial charge in [-0.05, 0) is 30.6 Å². The topological polar surface area (TPSA) is 43.3 Å². The van der Waals surface area contributed by atoms with Crippen LogP contribution < -0.4 is 5.73 Å². The molecule has 0 amide bonds. The zero-order valence-corrected chi connectivity index (χ0v) is 9.57. The van der Waals surface area contributed by atoms with Crippen LogP contribution >= 0.6 is 11.8 Å². The monoisotopic (exact) mass is 221 g/mol. The molecule has 2 rings (SSSR count). The maximum atomic E-state index is 6.09. The van der Waals surface area contributed by atoms with Crippen LogP contribution in [0.2, 0.25) is 0 Å². The van der Waals surface area contributed by atoms with E-state index in [0.717, 1.165) is 23.5 Å². The van der Waals surface area contributed by atoms with Crippen molar-refractivity contribution in [3.05, 3.63) is 36.4 Å². The molecular formula is C11H15N3S. The van der Waals surface area contributed by atoms with E-state index in [0.29, 0.717) is 0 Å². The highest BCUT2D eigenvalue weighted by molar-refractivity contribution is 7.98. The molecule has 0 saturated heterocycles. The van der Waals surface area contributed by atoms with Gasteiger partial charge in [0, 0.05) is 6.20 Å². The standard InChI is InChI=1S/C11H15N3S/c1-15-7-5-10(12)11-13-8-9-4-2-3-6-14(9)11/h2-4,6,8,10H,5,7,12H2,1H3/t10-/m1/s1. The second-order valence-electron chi connectivity index (χ2n) is 3.50. The lowest BCUT2D eigenvalue weighted by atomic mass is 10.2. The number of fused-ring (bicyclic) bond motifs is 1. The fourth-order valence-electron chi connectivity index (χ4n) is 1.61. The quantitative estimate of drug-likeness (QED) is 0.859. The molecule has 0 aliphatic carbocycles. The summed E-state index contributed by atoms with van der Waals surface area (Å²) < 4.78 is 2.06. The minimum atomic E-state index is 0.0300. The number of pyridine rings is 1. The normalized spacial score (nSPS) is 13.2. The zero-order chi connectivity index (χ0) is 10.7. The van der Waals surface area contributed by atoms with Crippen molar-refractivity contribution in [3.8, 4) is 0 Å². The Balaban J connectivity index is 2.27. The van der Waals surface area contributed by atoms with E-state index in [4.69, 9.17) is 5.73 Å². The molecule has 0 bridgehead atoms. The zero-order valence-electron chi connectivity index (χ0n) is 8.76. The summed E-state index contributed by atoms with van der Waals surface area (Å²) in [4.78, 5) is 4.38. The SMILES string of the molecule is CSCC[C@@H](N)c1ncc2ccccn12. The summed E-state index contributed by atoms with van der Waals surface area (Å²) in [6, 6.07) is 6.08. The molecule has 2 aromatic rings. The predicted molar refractivity (Wildman–Crippen MR) is 65.1 cm³/mol. The van der Waals surface area contributed by atoms with Crippen LogP contribution in [-0.4, -0.2) is 21.4 Å². The molecule has 0 radical (unpaired) electrons. The summed E-state index contributed by atoms with van der Waals surface area (Å²) in [5.74, 6) is 2.03. The lowest BCUT2D eigenvalue weighted by Gasteiger charge is -2.09. The second kappa shape index (κ2) is 4.68. The summed E-state index contributed by atoms with van der Waals surface area (Å²) in [6.45, 7) is 0. The number of imidazole rings is 1. The van der Waals surface area contributed by atoms with E-state index in [9.17, 15) is 0 Å². The summed E-state index contributed by atoms with van der Waals surface area (Å²) in [5.41, 5.74) is 7.20. The van der Waals surface area contributed by atoms with Gasteiger partial charge in [-0.1, -0.05) is 6.07 Å². The van der Waals surface area contributed by atoms with Gasteiger partial charge in [-0.2, -0.15) is 11.8 Å². The third kappa shape index (κ3) is 2.16. The minimum Gasteiger partial charge on any atom is -0.321 e. The molecule has 0 fully saturated rings. The lowest BCUT2D eigenvalue weighted by Crippen LogP contribution is -2.14. The van der Waals surface area contributed by atoms with Crippen LogP contribution in [0, 0.1) is 0 Å². The van der Waals surface area contributed by atoms with Crippen LogP contribution in [0.4, 0.5) is 0 Å². The van der Waals surface area contributed by atoms with Crippen LogP contribution in [0.5, 0.6) is 0 Å². The average Bonchev–Trinajstić information content (AvgIpc) is 2.69. The molecule has 3 nitrogen and oxygen atoms in total. The first-order valence-electron chi connectivity index (χ1n) is 4.99. The Kier molecular flexibility index (Phi) is 3.28. The molecule has 0 saturated carbocycles. The highest BCUT2D eigenvalue weighted by Crippen LogP contribution is 2.16. The lowest BCUT2D eigenvalue weighted by molar-refractivity contribution is 0.651. The van der Waals surface area contributed by atoms with Gasteiger partial charge in [0.25, 0.3) is 0 Å². The number of hydrogen-bond donors (Lipinski definition) is 1. The van der Waals surface area contributed by atoms with Crippen molar-refractivity contribution in [1.29, 1.82) is 0 Å². The number of nitrogens with two attached hydrogens (primary N) is 1. The van der Waals surface area contributed by atoms with Crippen molar-refractivity contribution in [2.45, 2.75) is 12.5 Å². The van der Waals surface area contributed by atoms with E-state index < -0.39 is 0 Å². The molecule has 80 valence electrons. The predicted octanol–water partition coefficient (Wildman–Crippen LogP) is 2.09. The Morgan fingerprint density at radius 1 is 1.53 bits per heavy atom. The Labute approximate surface area is 93.7 Å². The highest BCUT2D eigenvalue weighted by atomic mass is 32.2. The summed E-state index contributed by atoms with van der Waals surface area (Å²) in [7, 11) is 0. The maximum absolute atomic E-state index is 6.09. The summed E-state index contributed by atoms with van der Waals surface area (Å²) >= 11 is 1.82. The Bertz CT molecular complexity index is 438. The fraction of sp³-hybridized carbons (Fsp3) is 0.364. The number of rotatable bonds is 4. The number of thioether (sulfide) groups is 1. The van der Waals surface area contributed by atoms with E-state index in [1.54, 1.807) is 0 Å². The number of nitrogens with zero attached hydrogens (tertiary/aromatic N) is 2. The van der Waals surface area contributed by atoms with Gasteiger partial charge >= 0.3 is 0 Å². The Morgan fingerprint density at radius 3 is 3.20 bits per heavy atom. The first-order chi connectivity index (χ1) is 7.33. The molecule has 15 heavy (non-hydrogen) atoms. The summed E-state index contributed by atoms with van der Waals surface area (Å²) in [6.07, 6.45) is 6.94. The molecule has 2 heterocycles. The summed E-state index contributed by atoms with van der Waals surface area (Å²) in [5, 5.41) is 0. The highest BCUT2D eigenvalue weighted by Gasteiger charge is 2.11. The van der Waals surface area contributed by atoms with Gasteiger partial charge in [0.15, 0.2) is 0 Å². The third-order valence-electron chi connectivity index (χ3n) is 2.43. The van der Waals surface area contributed by atoms with E-state index in [2.05, 4.69) is 15.6 Å². The molecule has 1 atom stereocenters. The maximum Gasteiger partial charge on any atom is 0.130 e. The van der Waals surface area contributed by atoms with Gasteiger partial charge in [-0.15, -0.1) is 0 Å². The molecular weight excluding hydrogens is 206 g/mol. The molecule has 0 aliphatic rings. The van der Waals surface area contributed by atoms with Gasteiger partial charge in [0.05, 0.1) is 17.8 Å². The van der Waals surface area contributed by atoms with Crippen LogP contribution in [0.25, 0.3) is 5.52 Å². The second-order valence-corrected chi connectivity index (χ2v) is 4.49. The van der Waals surface area contributed by atoms with Gasteiger partial charge in [-0.25, -0.2) is 4.98 Å². The average molecular weight is 221 g/mol. The van der Waals surface area contributed by atoms with Crippen LogP contribution in [-0.2, 0) is 0 Å². The van der Waals surface area contributed by atoms with Gasteiger partial charge in [0.1, 0.15) is 5.82 Å². The third-order valence-corrected chi connectivity index (χ3v) is 3.08. The Morgan fingerprint density at radius 2 is 2.40 bits per heavy atom. The molecule has 0 unspecified atom stereocenters. The fourth-order valence-corrected chi connectivity index (χ4v) is 2.10. The van der Waals surface area contributed by atoms with Crippen molar-refractivity contribution in [2.24, 2.45) is 5.73 Å². The van der Waals surface area contributed by atoms with Gasteiger partial charge < -0.3 is 10.1 Å². The minimum absolute atomic E-state index is 0.0300. The largest absolute Gasteiger partial charge is 0.321 e. The molecule has 0 aromatic carbocycles. The number of aromatic nitrogens is 2. The smallest absolute Gasteiger partial charge is 0.130 e. The van der Waals surface area contributed by atoms with E-state index in [1.165, 1.54) is 0 Å². The van der Waals surface area contributed by atoms with Crippen LogP contribution in [0.1, 0.15) is 18.3 Å². The van der Waals surface area contributed by atoms with Crippen molar-refractivity contribution >= 4 is 17.3 Å². The first-order valence-corrected chi connectivity index (χ1v) is 6.39. The Hall–Kier alpha value is -1.00. The van der Waals surface area contributed by atoms with Crippen LogP contribution in [0.3, 0.4) is 0 Å². The van der Waals surface area contributed by atoms with Crippen molar-refractivity contribution in [1.82, 2.24) is 9.38 Å². The van der Waals surface area contributed by atoms with E-state index in [-0.39, 0.29) is 6.04 Å². The molecule has 2 N–H and O–H groups in total. The van der Waals surface area contributed by atoms with Crippen molar-refractivity contribution in [3.63, 3.8) is 0 Å². The molecule has 0 spiro atoms. The van der Waals surface area contributed by atoms with Crippen molar-refractivity contribution < 1.29 is 0 Å². The first kappa shape index (κ1) is 10.5. The molecule has 2 aromatic heterocycles. The molecule has 4 heteroatoms. The van der Waals surface area contributed by atoms with Crippen LogP contribution in [0.15, 0.2) is 30.6 Å². The van der Waals surface area contributed by atoms with E-state index in [1.807, 2.05) is 42.4 Å². The van der Waals surface area contributed by atoms with Crippen molar-refractivity contribution in [2.75, 3.05) is 12.0 Å².